The predicted octanol–water partition coefficient (Wildman–Crippen LogP) is 6.11. The molecular weight excluding hydrogens is 424 g/mol. The molecule has 0 unspecified atom stereocenters. The van der Waals surface area contributed by atoms with Crippen molar-refractivity contribution >= 4 is 0 Å². The van der Waals surface area contributed by atoms with Gasteiger partial charge in [-0.2, -0.15) is 0 Å². The first-order valence-electron chi connectivity index (χ1n) is 8.68. The van der Waals surface area contributed by atoms with E-state index in [9.17, 15) is 0 Å². The van der Waals surface area contributed by atoms with Crippen LogP contribution in [-0.2, 0) is 22.4 Å². The van der Waals surface area contributed by atoms with E-state index in [-0.39, 0.29) is 22.4 Å². The van der Waals surface area contributed by atoms with Gasteiger partial charge in [-0.3, -0.25) is 9.97 Å². The van der Waals surface area contributed by atoms with Gasteiger partial charge in [0.15, 0.2) is 0 Å². The molecule has 0 saturated heterocycles. The standard InChI is InChI=1S/2C12H11N.Ag/c2*1-10-9-12(7-8-13-10)11-5-3-2-4-6-11;/h2*2-9H,1H3;/q;;+1. The molecule has 0 N–H and O–H groups in total. The number of hydrogen-bond acceptors (Lipinski definition) is 2. The fraction of sp³-hybridized carbons (Fsp3) is 0.0833. The molecule has 0 saturated carbocycles. The number of benzene rings is 2. The molecule has 2 aromatic carbocycles. The molecule has 0 radical (unpaired) electrons. The van der Waals surface area contributed by atoms with Gasteiger partial charge in [0.25, 0.3) is 0 Å². The van der Waals surface area contributed by atoms with Crippen molar-refractivity contribution in [1.29, 1.82) is 0 Å². The first-order chi connectivity index (χ1) is 12.7. The van der Waals surface area contributed by atoms with Crippen molar-refractivity contribution in [2.45, 2.75) is 13.8 Å². The smallest absolute Gasteiger partial charge is 0.262 e. The van der Waals surface area contributed by atoms with Gasteiger partial charge in [-0.15, -0.1) is 0 Å². The van der Waals surface area contributed by atoms with Gasteiger partial charge in [0.05, 0.1) is 0 Å². The molecule has 27 heavy (non-hydrogen) atoms. The molecule has 2 aromatic heterocycles. The van der Waals surface area contributed by atoms with E-state index < -0.39 is 0 Å². The summed E-state index contributed by atoms with van der Waals surface area (Å²) in [5.74, 6) is 0. The molecule has 4 aromatic rings. The predicted molar refractivity (Wildman–Crippen MR) is 109 cm³/mol. The van der Waals surface area contributed by atoms with Crippen molar-refractivity contribution in [3.63, 3.8) is 0 Å². The van der Waals surface area contributed by atoms with Crippen LogP contribution in [0.15, 0.2) is 97.3 Å². The normalized spacial score (nSPS) is 9.56. The Balaban J connectivity index is 0.000000187. The second-order valence-electron chi connectivity index (χ2n) is 6.10. The van der Waals surface area contributed by atoms with Crippen LogP contribution in [0, 0.1) is 13.8 Å². The average molecular weight is 446 g/mol. The molecule has 0 atom stereocenters. The molecule has 0 fully saturated rings. The van der Waals surface area contributed by atoms with Crippen molar-refractivity contribution < 1.29 is 22.4 Å². The Morgan fingerprint density at radius 3 is 1.19 bits per heavy atom. The molecular formula is C24H22AgN2+. The third-order valence-corrected chi connectivity index (χ3v) is 4.01. The van der Waals surface area contributed by atoms with E-state index in [4.69, 9.17) is 0 Å². The van der Waals surface area contributed by atoms with Crippen molar-refractivity contribution in [2.24, 2.45) is 0 Å². The number of hydrogen-bond donors (Lipinski definition) is 0. The van der Waals surface area contributed by atoms with Crippen molar-refractivity contribution in [3.05, 3.63) is 109 Å². The molecule has 0 aliphatic carbocycles. The SMILES string of the molecule is Cc1cc(-c2ccccc2)ccn1.Cc1cc(-c2ccccc2)ccn1.[Ag+]. The van der Waals surface area contributed by atoms with Gasteiger partial charge in [0.2, 0.25) is 0 Å². The zero-order valence-corrected chi connectivity index (χ0v) is 16.9. The van der Waals surface area contributed by atoms with Crippen molar-refractivity contribution in [3.8, 4) is 22.3 Å². The molecule has 4 rings (SSSR count). The van der Waals surface area contributed by atoms with Gasteiger partial charge in [-0.05, 0) is 60.4 Å². The average Bonchev–Trinajstić information content (AvgIpc) is 2.70. The Kier molecular flexibility index (Phi) is 8.15. The molecule has 3 heteroatoms. The van der Waals surface area contributed by atoms with Crippen LogP contribution in [0.3, 0.4) is 0 Å². The van der Waals surface area contributed by atoms with Crippen molar-refractivity contribution in [2.75, 3.05) is 0 Å². The summed E-state index contributed by atoms with van der Waals surface area (Å²) in [5.41, 5.74) is 7.06. The summed E-state index contributed by atoms with van der Waals surface area (Å²) in [4.78, 5) is 8.33. The Morgan fingerprint density at radius 2 is 0.852 bits per heavy atom. The Labute approximate surface area is 176 Å². The van der Waals surface area contributed by atoms with Gasteiger partial charge in [0.1, 0.15) is 0 Å². The van der Waals surface area contributed by atoms with E-state index >= 15 is 0 Å². The molecule has 0 spiro atoms. The van der Waals surface area contributed by atoms with Gasteiger partial charge in [-0.25, -0.2) is 0 Å². The minimum absolute atomic E-state index is 0. The molecule has 0 aliphatic heterocycles. The third kappa shape index (κ3) is 6.30. The molecule has 138 valence electrons. The van der Waals surface area contributed by atoms with Crippen LogP contribution >= 0.6 is 0 Å². The summed E-state index contributed by atoms with van der Waals surface area (Å²) in [6, 6.07) is 28.9. The zero-order chi connectivity index (χ0) is 18.2. The first kappa shape index (κ1) is 20.8. The maximum absolute atomic E-state index is 4.17. The maximum Gasteiger partial charge on any atom is 1.00 e. The minimum atomic E-state index is 0. The second-order valence-corrected chi connectivity index (χ2v) is 6.10. The number of nitrogens with zero attached hydrogens (tertiary/aromatic N) is 2. The molecule has 0 amide bonds. The van der Waals surface area contributed by atoms with Gasteiger partial charge < -0.3 is 0 Å². The third-order valence-electron chi connectivity index (χ3n) is 4.01. The number of rotatable bonds is 2. The van der Waals surface area contributed by atoms with Crippen LogP contribution in [0.1, 0.15) is 11.4 Å². The van der Waals surface area contributed by atoms with E-state index in [0.29, 0.717) is 0 Å². The molecule has 2 heterocycles. The van der Waals surface area contributed by atoms with Gasteiger partial charge >= 0.3 is 22.4 Å². The van der Waals surface area contributed by atoms with Crippen LogP contribution in [-0.4, -0.2) is 9.97 Å². The molecule has 0 aliphatic rings. The Hall–Kier alpha value is -2.52. The largest absolute Gasteiger partial charge is 1.00 e. The van der Waals surface area contributed by atoms with Crippen LogP contribution < -0.4 is 0 Å². The van der Waals surface area contributed by atoms with Crippen LogP contribution in [0.5, 0.6) is 0 Å². The van der Waals surface area contributed by atoms with E-state index in [1.54, 1.807) is 0 Å². The van der Waals surface area contributed by atoms with Crippen LogP contribution in [0.25, 0.3) is 22.3 Å². The topological polar surface area (TPSA) is 25.8 Å². The summed E-state index contributed by atoms with van der Waals surface area (Å²) >= 11 is 0. The monoisotopic (exact) mass is 445 g/mol. The Morgan fingerprint density at radius 1 is 0.481 bits per heavy atom. The van der Waals surface area contributed by atoms with Gasteiger partial charge in [-0.1, -0.05) is 60.7 Å². The molecule has 0 bridgehead atoms. The minimum Gasteiger partial charge on any atom is -0.262 e. The summed E-state index contributed by atoms with van der Waals surface area (Å²) in [7, 11) is 0. The van der Waals surface area contributed by atoms with Gasteiger partial charge in [0, 0.05) is 23.8 Å². The van der Waals surface area contributed by atoms with E-state index in [1.165, 1.54) is 22.3 Å². The summed E-state index contributed by atoms with van der Waals surface area (Å²) in [6.07, 6.45) is 3.69. The maximum atomic E-state index is 4.17. The quantitative estimate of drug-likeness (QED) is 0.347. The van der Waals surface area contributed by atoms with E-state index in [1.807, 2.05) is 74.8 Å². The summed E-state index contributed by atoms with van der Waals surface area (Å²) in [5, 5.41) is 0. The zero-order valence-electron chi connectivity index (χ0n) is 15.4. The fourth-order valence-corrected chi connectivity index (χ4v) is 2.71. The number of aryl methyl sites for hydroxylation is 2. The van der Waals surface area contributed by atoms with Crippen LogP contribution in [0.4, 0.5) is 0 Å². The van der Waals surface area contributed by atoms with E-state index in [2.05, 4.69) is 46.4 Å². The Bertz CT molecular complexity index is 873. The number of pyridine rings is 2. The van der Waals surface area contributed by atoms with Crippen molar-refractivity contribution in [1.82, 2.24) is 9.97 Å². The molecule has 2 nitrogen and oxygen atoms in total. The van der Waals surface area contributed by atoms with Crippen LogP contribution in [0.2, 0.25) is 0 Å². The number of aromatic nitrogens is 2. The fourth-order valence-electron chi connectivity index (χ4n) is 2.71. The van der Waals surface area contributed by atoms with E-state index in [0.717, 1.165) is 11.4 Å². The second kappa shape index (κ2) is 10.6. The summed E-state index contributed by atoms with van der Waals surface area (Å²) < 4.78 is 0. The summed E-state index contributed by atoms with van der Waals surface area (Å²) in [6.45, 7) is 4.01. The first-order valence-corrected chi connectivity index (χ1v) is 8.68.